The molecule has 0 aliphatic carbocycles. The van der Waals surface area contributed by atoms with Crippen molar-refractivity contribution in [3.63, 3.8) is 0 Å². The van der Waals surface area contributed by atoms with E-state index in [-0.39, 0.29) is 0 Å². The van der Waals surface area contributed by atoms with E-state index in [0.29, 0.717) is 6.61 Å². The largest absolute Gasteiger partial charge is 0.487 e. The number of thiazole rings is 1. The van der Waals surface area contributed by atoms with Crippen LogP contribution in [0.1, 0.15) is 22.4 Å². The first-order valence-corrected chi connectivity index (χ1v) is 7.02. The van der Waals surface area contributed by atoms with Gasteiger partial charge in [0.2, 0.25) is 0 Å². The molecule has 0 saturated carbocycles. The highest BCUT2D eigenvalue weighted by Gasteiger charge is 2.07. The van der Waals surface area contributed by atoms with E-state index in [9.17, 15) is 4.79 Å². The zero-order chi connectivity index (χ0) is 14.5. The van der Waals surface area contributed by atoms with E-state index in [1.54, 1.807) is 11.6 Å². The predicted molar refractivity (Wildman–Crippen MR) is 79.0 cm³/mol. The monoisotopic (exact) mass is 289 g/mol. The van der Waals surface area contributed by atoms with Crippen LogP contribution in [0.3, 0.4) is 0 Å². The van der Waals surface area contributed by atoms with Crippen molar-refractivity contribution in [3.8, 4) is 5.75 Å². The summed E-state index contributed by atoms with van der Waals surface area (Å²) in [6, 6.07) is 3.81. The summed E-state index contributed by atoms with van der Waals surface area (Å²) in [5, 5.41) is 10.6. The molecule has 0 aliphatic heterocycles. The summed E-state index contributed by atoms with van der Waals surface area (Å²) in [4.78, 5) is 14.7. The third-order valence-electron chi connectivity index (χ3n) is 2.75. The van der Waals surface area contributed by atoms with Gasteiger partial charge in [0.05, 0.1) is 11.2 Å². The second kappa shape index (κ2) is 6.34. The average molecular weight is 289 g/mol. The molecule has 0 atom stereocenters. The van der Waals surface area contributed by atoms with E-state index in [1.807, 2.05) is 31.4 Å². The molecule has 2 rings (SSSR count). The van der Waals surface area contributed by atoms with Gasteiger partial charge in [0.25, 0.3) is 0 Å². The van der Waals surface area contributed by atoms with Gasteiger partial charge in [-0.3, -0.25) is 0 Å². The first-order valence-electron chi connectivity index (χ1n) is 6.08. The Morgan fingerprint density at radius 2 is 2.10 bits per heavy atom. The molecule has 1 aromatic carbocycles. The molecule has 0 aliphatic rings. The molecule has 2 aromatic rings. The molecule has 1 heterocycles. The van der Waals surface area contributed by atoms with Crippen LogP contribution in [-0.2, 0) is 11.4 Å². The maximum atomic E-state index is 10.5. The summed E-state index contributed by atoms with van der Waals surface area (Å²) >= 11 is 1.54. The van der Waals surface area contributed by atoms with Gasteiger partial charge in [-0.1, -0.05) is 0 Å². The van der Waals surface area contributed by atoms with E-state index in [4.69, 9.17) is 9.84 Å². The van der Waals surface area contributed by atoms with E-state index >= 15 is 0 Å². The lowest BCUT2D eigenvalue weighted by Gasteiger charge is -2.12. The minimum Gasteiger partial charge on any atom is -0.487 e. The summed E-state index contributed by atoms with van der Waals surface area (Å²) in [6.45, 7) is 4.33. The fourth-order valence-electron chi connectivity index (χ4n) is 1.93. The number of aliphatic carboxylic acids is 1. The van der Waals surface area contributed by atoms with Gasteiger partial charge in [-0.2, -0.15) is 0 Å². The molecule has 0 unspecified atom stereocenters. The third kappa shape index (κ3) is 3.68. The molecule has 0 spiro atoms. The number of benzene rings is 1. The van der Waals surface area contributed by atoms with Crippen LogP contribution in [0.5, 0.6) is 5.75 Å². The summed E-state index contributed by atoms with van der Waals surface area (Å²) < 4.78 is 5.80. The third-order valence-corrected chi connectivity index (χ3v) is 3.38. The highest BCUT2D eigenvalue weighted by atomic mass is 32.1. The van der Waals surface area contributed by atoms with Gasteiger partial charge in [0, 0.05) is 11.5 Å². The molecule has 1 N–H and O–H groups in total. The molecule has 1 aromatic heterocycles. The van der Waals surface area contributed by atoms with E-state index < -0.39 is 5.97 Å². The molecule has 0 bridgehead atoms. The molecule has 20 heavy (non-hydrogen) atoms. The van der Waals surface area contributed by atoms with Crippen molar-refractivity contribution in [2.75, 3.05) is 0 Å². The predicted octanol–water partition coefficient (Wildman–Crippen LogP) is 3.44. The average Bonchev–Trinajstić information content (AvgIpc) is 2.88. The van der Waals surface area contributed by atoms with Crippen LogP contribution in [-0.4, -0.2) is 16.1 Å². The van der Waals surface area contributed by atoms with Crippen LogP contribution in [0.4, 0.5) is 0 Å². The second-order valence-corrected chi connectivity index (χ2v) is 5.14. The lowest BCUT2D eigenvalue weighted by atomic mass is 10.1. The van der Waals surface area contributed by atoms with Gasteiger partial charge in [0.1, 0.15) is 12.4 Å². The maximum Gasteiger partial charge on any atom is 0.328 e. The lowest BCUT2D eigenvalue weighted by Crippen LogP contribution is -1.99. The molecular formula is C15H15NO3S. The molecular weight excluding hydrogens is 274 g/mol. The Kier molecular flexibility index (Phi) is 4.53. The Balaban J connectivity index is 2.16. The van der Waals surface area contributed by atoms with Crippen LogP contribution in [0, 0.1) is 13.8 Å². The van der Waals surface area contributed by atoms with E-state index in [2.05, 4.69) is 4.98 Å². The van der Waals surface area contributed by atoms with Crippen molar-refractivity contribution in [2.24, 2.45) is 0 Å². The number of ether oxygens (including phenoxy) is 1. The van der Waals surface area contributed by atoms with Crippen molar-refractivity contribution < 1.29 is 14.6 Å². The number of aromatic nitrogens is 1. The van der Waals surface area contributed by atoms with Crippen LogP contribution in [0.25, 0.3) is 6.08 Å². The zero-order valence-electron chi connectivity index (χ0n) is 11.3. The zero-order valence-corrected chi connectivity index (χ0v) is 12.1. The minimum atomic E-state index is -0.954. The summed E-state index contributed by atoms with van der Waals surface area (Å²) in [7, 11) is 0. The number of hydrogen-bond acceptors (Lipinski definition) is 4. The van der Waals surface area contributed by atoms with E-state index in [1.165, 1.54) is 11.3 Å². The van der Waals surface area contributed by atoms with Gasteiger partial charge >= 0.3 is 5.97 Å². The van der Waals surface area contributed by atoms with Crippen molar-refractivity contribution in [1.29, 1.82) is 0 Å². The van der Waals surface area contributed by atoms with Gasteiger partial charge in [-0.05, 0) is 48.7 Å². The number of carboxylic acid groups (broad SMARTS) is 1. The Bertz CT molecular complexity index is 610. The molecule has 0 saturated heterocycles. The Labute approximate surface area is 121 Å². The highest BCUT2D eigenvalue weighted by Crippen LogP contribution is 2.26. The van der Waals surface area contributed by atoms with Crippen molar-refractivity contribution in [2.45, 2.75) is 20.5 Å². The number of rotatable bonds is 5. The maximum absolute atomic E-state index is 10.5. The molecule has 0 radical (unpaired) electrons. The summed E-state index contributed by atoms with van der Waals surface area (Å²) in [5.41, 5.74) is 5.49. The van der Waals surface area contributed by atoms with Crippen LogP contribution in [0.2, 0.25) is 0 Å². The van der Waals surface area contributed by atoms with Crippen LogP contribution in [0.15, 0.2) is 29.1 Å². The standard InChI is InChI=1S/C15H15NO3S/c1-10-5-12(3-4-14(17)18)6-11(2)15(10)19-7-13-8-20-9-16-13/h3-6,8-9H,7H2,1-2H3,(H,17,18). The first kappa shape index (κ1) is 14.3. The fourth-order valence-corrected chi connectivity index (χ4v) is 2.47. The Hall–Kier alpha value is -2.14. The summed E-state index contributed by atoms with van der Waals surface area (Å²) in [5.74, 6) is -0.130. The SMILES string of the molecule is Cc1cc(C=CC(=O)O)cc(C)c1OCc1cscn1. The van der Waals surface area contributed by atoms with Crippen molar-refractivity contribution in [3.05, 3.63) is 51.5 Å². The highest BCUT2D eigenvalue weighted by molar-refractivity contribution is 7.07. The summed E-state index contributed by atoms with van der Waals surface area (Å²) in [6.07, 6.45) is 2.70. The number of carboxylic acids is 1. The second-order valence-electron chi connectivity index (χ2n) is 4.42. The molecule has 4 nitrogen and oxygen atoms in total. The number of aryl methyl sites for hydroxylation is 2. The molecule has 104 valence electrons. The normalized spacial score (nSPS) is 10.9. The number of carbonyl (C=O) groups is 1. The van der Waals surface area contributed by atoms with Crippen LogP contribution < -0.4 is 4.74 Å². The Morgan fingerprint density at radius 1 is 1.40 bits per heavy atom. The van der Waals surface area contributed by atoms with E-state index in [0.717, 1.165) is 34.2 Å². The van der Waals surface area contributed by atoms with Crippen LogP contribution >= 0.6 is 11.3 Å². The first-order chi connectivity index (χ1) is 9.56. The lowest BCUT2D eigenvalue weighted by molar-refractivity contribution is -0.131. The van der Waals surface area contributed by atoms with Crippen molar-refractivity contribution in [1.82, 2.24) is 4.98 Å². The quantitative estimate of drug-likeness (QED) is 0.857. The molecule has 0 fully saturated rings. The molecule has 0 amide bonds. The topological polar surface area (TPSA) is 59.4 Å². The Morgan fingerprint density at radius 3 is 2.65 bits per heavy atom. The van der Waals surface area contributed by atoms with Gasteiger partial charge in [-0.25, -0.2) is 9.78 Å². The molecule has 5 heteroatoms. The van der Waals surface area contributed by atoms with Gasteiger partial charge < -0.3 is 9.84 Å². The van der Waals surface area contributed by atoms with Gasteiger partial charge in [-0.15, -0.1) is 11.3 Å². The smallest absolute Gasteiger partial charge is 0.328 e. The minimum absolute atomic E-state index is 0.440. The van der Waals surface area contributed by atoms with Crippen molar-refractivity contribution >= 4 is 23.4 Å². The fraction of sp³-hybridized carbons (Fsp3) is 0.200. The number of nitrogens with zero attached hydrogens (tertiary/aromatic N) is 1. The van der Waals surface area contributed by atoms with Gasteiger partial charge in [0.15, 0.2) is 0 Å². The number of hydrogen-bond donors (Lipinski definition) is 1.